The molecule has 0 radical (unpaired) electrons. The summed E-state index contributed by atoms with van der Waals surface area (Å²) in [5.74, 6) is 0.605. The molecule has 0 saturated heterocycles. The standard InChI is InChI=1S/C16H13BrN2O2S2/c1-21-12-5-3-2-4-10(12)8-15(20)19-16-18-11(9-22-16)13-6-7-14(17)23-13/h2-7,9H,8H2,1H3,(H,18,19,20). The summed E-state index contributed by atoms with van der Waals surface area (Å²) in [6.07, 6.45) is 0.253. The van der Waals surface area contributed by atoms with Crippen LogP contribution in [-0.4, -0.2) is 18.0 Å². The van der Waals surface area contributed by atoms with Gasteiger partial charge in [-0.2, -0.15) is 0 Å². The number of halogens is 1. The molecule has 0 aliphatic heterocycles. The molecule has 118 valence electrons. The number of amides is 1. The third kappa shape index (κ3) is 3.99. The highest BCUT2D eigenvalue weighted by Gasteiger charge is 2.12. The van der Waals surface area contributed by atoms with Crippen LogP contribution in [0.1, 0.15) is 5.56 Å². The molecule has 0 atom stereocenters. The lowest BCUT2D eigenvalue weighted by Crippen LogP contribution is -2.14. The molecule has 0 aliphatic rings. The van der Waals surface area contributed by atoms with E-state index in [-0.39, 0.29) is 12.3 Å². The third-order valence-electron chi connectivity index (χ3n) is 3.12. The van der Waals surface area contributed by atoms with Gasteiger partial charge in [0, 0.05) is 10.9 Å². The molecule has 3 rings (SSSR count). The molecular weight excluding hydrogens is 396 g/mol. The highest BCUT2D eigenvalue weighted by atomic mass is 79.9. The Morgan fingerprint density at radius 2 is 2.13 bits per heavy atom. The predicted octanol–water partition coefficient (Wildman–Crippen LogP) is 4.82. The fourth-order valence-electron chi connectivity index (χ4n) is 2.08. The number of carbonyl (C=O) groups excluding carboxylic acids is 1. The number of thiophene rings is 1. The van der Waals surface area contributed by atoms with E-state index < -0.39 is 0 Å². The Balaban J connectivity index is 1.68. The van der Waals surface area contributed by atoms with Gasteiger partial charge in [0.15, 0.2) is 5.13 Å². The van der Waals surface area contributed by atoms with Crippen molar-refractivity contribution in [3.8, 4) is 16.3 Å². The van der Waals surface area contributed by atoms with Crippen LogP contribution >= 0.6 is 38.6 Å². The number of ether oxygens (including phenoxy) is 1. The van der Waals surface area contributed by atoms with Gasteiger partial charge < -0.3 is 10.1 Å². The summed E-state index contributed by atoms with van der Waals surface area (Å²) < 4.78 is 6.32. The molecule has 23 heavy (non-hydrogen) atoms. The number of aromatic nitrogens is 1. The Bertz CT molecular complexity index is 829. The van der Waals surface area contributed by atoms with Crippen LogP contribution in [0.5, 0.6) is 5.75 Å². The zero-order valence-corrected chi connectivity index (χ0v) is 15.4. The van der Waals surface area contributed by atoms with Crippen molar-refractivity contribution in [3.63, 3.8) is 0 Å². The Kier molecular flexibility index (Phi) is 5.09. The molecule has 2 aromatic heterocycles. The quantitative estimate of drug-likeness (QED) is 0.657. The van der Waals surface area contributed by atoms with Crippen molar-refractivity contribution < 1.29 is 9.53 Å². The predicted molar refractivity (Wildman–Crippen MR) is 98.5 cm³/mol. The second-order valence-corrected chi connectivity index (χ2v) is 8.00. The minimum atomic E-state index is -0.109. The first-order valence-corrected chi connectivity index (χ1v) is 9.27. The Labute approximate surface area is 150 Å². The lowest BCUT2D eigenvalue weighted by molar-refractivity contribution is -0.115. The highest BCUT2D eigenvalue weighted by molar-refractivity contribution is 9.11. The van der Waals surface area contributed by atoms with Crippen LogP contribution in [-0.2, 0) is 11.2 Å². The van der Waals surface area contributed by atoms with Crippen molar-refractivity contribution >= 4 is 49.6 Å². The van der Waals surface area contributed by atoms with Crippen molar-refractivity contribution in [1.82, 2.24) is 4.98 Å². The van der Waals surface area contributed by atoms with E-state index in [2.05, 4.69) is 26.2 Å². The normalized spacial score (nSPS) is 10.5. The molecule has 7 heteroatoms. The molecule has 0 unspecified atom stereocenters. The van der Waals surface area contributed by atoms with Crippen molar-refractivity contribution in [2.45, 2.75) is 6.42 Å². The smallest absolute Gasteiger partial charge is 0.230 e. The molecular formula is C16H13BrN2O2S2. The van der Waals surface area contributed by atoms with Gasteiger partial charge in [0.2, 0.25) is 5.91 Å². The van der Waals surface area contributed by atoms with Crippen LogP contribution in [0.3, 0.4) is 0 Å². The number of para-hydroxylation sites is 1. The van der Waals surface area contributed by atoms with E-state index in [9.17, 15) is 4.79 Å². The number of rotatable bonds is 5. The minimum absolute atomic E-state index is 0.109. The maximum absolute atomic E-state index is 12.2. The number of thiazole rings is 1. The molecule has 1 N–H and O–H groups in total. The molecule has 0 aliphatic carbocycles. The largest absolute Gasteiger partial charge is 0.496 e. The van der Waals surface area contributed by atoms with Crippen molar-refractivity contribution in [3.05, 3.63) is 51.1 Å². The van der Waals surface area contributed by atoms with Gasteiger partial charge in [-0.1, -0.05) is 18.2 Å². The Morgan fingerprint density at radius 1 is 1.30 bits per heavy atom. The molecule has 0 fully saturated rings. The molecule has 0 saturated carbocycles. The second-order valence-electron chi connectivity index (χ2n) is 4.68. The van der Waals surface area contributed by atoms with Gasteiger partial charge in [0.05, 0.1) is 27.9 Å². The zero-order chi connectivity index (χ0) is 16.2. The molecule has 2 heterocycles. The molecule has 0 bridgehead atoms. The average Bonchev–Trinajstić information content (AvgIpc) is 3.16. The molecule has 0 spiro atoms. The summed E-state index contributed by atoms with van der Waals surface area (Å²) in [6.45, 7) is 0. The number of carbonyl (C=O) groups is 1. The maximum atomic E-state index is 12.2. The summed E-state index contributed by atoms with van der Waals surface area (Å²) in [6, 6.07) is 11.5. The first-order chi connectivity index (χ1) is 11.2. The minimum Gasteiger partial charge on any atom is -0.496 e. The van der Waals surface area contributed by atoms with E-state index in [1.54, 1.807) is 18.4 Å². The average molecular weight is 409 g/mol. The zero-order valence-electron chi connectivity index (χ0n) is 12.2. The van der Waals surface area contributed by atoms with E-state index in [0.29, 0.717) is 10.9 Å². The topological polar surface area (TPSA) is 51.2 Å². The van der Waals surface area contributed by atoms with E-state index >= 15 is 0 Å². The first-order valence-electron chi connectivity index (χ1n) is 6.78. The van der Waals surface area contributed by atoms with Crippen molar-refractivity contribution in [2.24, 2.45) is 0 Å². The van der Waals surface area contributed by atoms with Crippen LogP contribution < -0.4 is 10.1 Å². The SMILES string of the molecule is COc1ccccc1CC(=O)Nc1nc(-c2ccc(Br)s2)cs1. The van der Waals surface area contributed by atoms with Gasteiger partial charge in [0.1, 0.15) is 5.75 Å². The molecule has 4 nitrogen and oxygen atoms in total. The van der Waals surface area contributed by atoms with Crippen molar-refractivity contribution in [1.29, 1.82) is 0 Å². The van der Waals surface area contributed by atoms with Crippen LogP contribution in [0, 0.1) is 0 Å². The molecule has 3 aromatic rings. The number of benzene rings is 1. The number of anilines is 1. The highest BCUT2D eigenvalue weighted by Crippen LogP contribution is 2.33. The summed E-state index contributed by atoms with van der Waals surface area (Å²) in [5, 5.41) is 5.39. The van der Waals surface area contributed by atoms with Gasteiger partial charge in [0.25, 0.3) is 0 Å². The van der Waals surface area contributed by atoms with E-state index in [1.807, 2.05) is 41.8 Å². The molecule has 1 aromatic carbocycles. The van der Waals surface area contributed by atoms with E-state index in [1.165, 1.54) is 11.3 Å². The van der Waals surface area contributed by atoms with Gasteiger partial charge in [-0.05, 0) is 34.1 Å². The Hall–Kier alpha value is -1.70. The van der Waals surface area contributed by atoms with Crippen LogP contribution in [0.15, 0.2) is 45.6 Å². The number of nitrogens with one attached hydrogen (secondary N) is 1. The van der Waals surface area contributed by atoms with E-state index in [4.69, 9.17) is 4.74 Å². The van der Waals surface area contributed by atoms with Crippen LogP contribution in [0.4, 0.5) is 5.13 Å². The van der Waals surface area contributed by atoms with Gasteiger partial charge in [-0.25, -0.2) is 4.98 Å². The first kappa shape index (κ1) is 16.2. The molecule has 1 amide bonds. The monoisotopic (exact) mass is 408 g/mol. The summed E-state index contributed by atoms with van der Waals surface area (Å²) in [4.78, 5) is 17.7. The van der Waals surface area contributed by atoms with Crippen LogP contribution in [0.2, 0.25) is 0 Å². The lowest BCUT2D eigenvalue weighted by atomic mass is 10.1. The number of hydrogen-bond donors (Lipinski definition) is 1. The number of nitrogens with zero attached hydrogens (tertiary/aromatic N) is 1. The number of hydrogen-bond acceptors (Lipinski definition) is 5. The van der Waals surface area contributed by atoms with E-state index in [0.717, 1.165) is 19.9 Å². The van der Waals surface area contributed by atoms with Gasteiger partial charge in [-0.15, -0.1) is 22.7 Å². The maximum Gasteiger partial charge on any atom is 0.230 e. The fraction of sp³-hybridized carbons (Fsp3) is 0.125. The second kappa shape index (κ2) is 7.25. The third-order valence-corrected chi connectivity index (χ3v) is 5.52. The van der Waals surface area contributed by atoms with Crippen LogP contribution in [0.25, 0.3) is 10.6 Å². The number of methoxy groups -OCH3 is 1. The summed E-state index contributed by atoms with van der Waals surface area (Å²) >= 11 is 6.47. The van der Waals surface area contributed by atoms with Gasteiger partial charge >= 0.3 is 0 Å². The lowest BCUT2D eigenvalue weighted by Gasteiger charge is -2.07. The summed E-state index contributed by atoms with van der Waals surface area (Å²) in [5.41, 5.74) is 1.73. The summed E-state index contributed by atoms with van der Waals surface area (Å²) in [7, 11) is 1.60. The van der Waals surface area contributed by atoms with Gasteiger partial charge in [-0.3, -0.25) is 4.79 Å². The fourth-order valence-corrected chi connectivity index (χ4v) is 4.23. The Morgan fingerprint density at radius 3 is 2.87 bits per heavy atom. The van der Waals surface area contributed by atoms with Crippen molar-refractivity contribution in [2.75, 3.05) is 12.4 Å².